The molecule has 0 unspecified atom stereocenters. The van der Waals surface area contributed by atoms with Crippen LogP contribution in [-0.4, -0.2) is 46.8 Å². The highest BCUT2D eigenvalue weighted by molar-refractivity contribution is 5.92. The number of hydrogen-bond donors (Lipinski definition) is 2. The highest BCUT2D eigenvalue weighted by atomic mass is 19.1. The summed E-state index contributed by atoms with van der Waals surface area (Å²) in [6.07, 6.45) is 4.09. The molecular weight excluding hydrogens is 351 g/mol. The average Bonchev–Trinajstić information content (AvgIpc) is 3.37. The van der Waals surface area contributed by atoms with Crippen molar-refractivity contribution in [2.24, 2.45) is 5.92 Å². The molecule has 144 valence electrons. The van der Waals surface area contributed by atoms with Gasteiger partial charge in [-0.3, -0.25) is 4.79 Å². The minimum absolute atomic E-state index is 0.0300. The van der Waals surface area contributed by atoms with Gasteiger partial charge in [-0.2, -0.15) is 0 Å². The maximum absolute atomic E-state index is 14.8. The Morgan fingerprint density at radius 3 is 2.78 bits per heavy atom. The zero-order chi connectivity index (χ0) is 19.3. The minimum atomic E-state index is -1.30. The van der Waals surface area contributed by atoms with Crippen molar-refractivity contribution >= 4 is 22.8 Å². The highest BCUT2D eigenvalue weighted by Gasteiger charge is 2.31. The first-order valence-electron chi connectivity index (χ1n) is 9.31. The number of halogens is 1. The molecular formula is C19H23FN4O3. The fourth-order valence-electron chi connectivity index (χ4n) is 3.87. The normalized spacial score (nSPS) is 21.0. The van der Waals surface area contributed by atoms with E-state index in [2.05, 4.69) is 17.2 Å². The Kier molecular flexibility index (Phi) is 4.38. The van der Waals surface area contributed by atoms with Crippen molar-refractivity contribution in [2.75, 3.05) is 25.0 Å². The number of anilines is 1. The predicted octanol–water partition coefficient (Wildman–Crippen LogP) is 2.00. The lowest BCUT2D eigenvalue weighted by molar-refractivity contribution is 0.0695. The molecule has 4 rings (SSSR count). The van der Waals surface area contributed by atoms with Crippen LogP contribution < -0.4 is 15.6 Å². The van der Waals surface area contributed by atoms with E-state index in [4.69, 9.17) is 0 Å². The first kappa shape index (κ1) is 17.9. The fourth-order valence-corrected chi connectivity index (χ4v) is 3.87. The van der Waals surface area contributed by atoms with Crippen LogP contribution in [-0.2, 0) is 0 Å². The van der Waals surface area contributed by atoms with E-state index in [9.17, 15) is 19.1 Å². The standard InChI is InChI=1S/C19H23FN4O3/c1-10(21-2)11-5-6-23(8-11)18-15(20)7-13-16(25)14(19(26)27)9-24(12-3-4-12)17(13)22-18/h7,9-12,21H,3-6,8H2,1-2H3,(H,26,27)/t10-,11+/m1/s1. The van der Waals surface area contributed by atoms with Gasteiger partial charge in [0.15, 0.2) is 11.6 Å². The summed E-state index contributed by atoms with van der Waals surface area (Å²) in [6, 6.07) is 1.59. The Morgan fingerprint density at radius 2 is 2.15 bits per heavy atom. The summed E-state index contributed by atoms with van der Waals surface area (Å²) in [5, 5.41) is 12.6. The second kappa shape index (κ2) is 6.60. The number of carbonyl (C=O) groups is 1. The monoisotopic (exact) mass is 374 g/mol. The van der Waals surface area contributed by atoms with Crippen molar-refractivity contribution < 1.29 is 14.3 Å². The molecule has 0 bridgehead atoms. The van der Waals surface area contributed by atoms with Gasteiger partial charge in [-0.15, -0.1) is 0 Å². The zero-order valence-corrected chi connectivity index (χ0v) is 15.4. The van der Waals surface area contributed by atoms with Crippen LogP contribution in [0.25, 0.3) is 11.0 Å². The molecule has 0 aromatic carbocycles. The number of aromatic nitrogens is 2. The molecule has 2 N–H and O–H groups in total. The van der Waals surface area contributed by atoms with Gasteiger partial charge < -0.3 is 19.9 Å². The van der Waals surface area contributed by atoms with Crippen LogP contribution in [0.4, 0.5) is 10.2 Å². The van der Waals surface area contributed by atoms with Gasteiger partial charge in [-0.1, -0.05) is 0 Å². The van der Waals surface area contributed by atoms with Crippen molar-refractivity contribution in [2.45, 2.75) is 38.3 Å². The maximum Gasteiger partial charge on any atom is 0.341 e. The predicted molar refractivity (Wildman–Crippen MR) is 100 cm³/mol. The number of nitrogens with one attached hydrogen (secondary N) is 1. The van der Waals surface area contributed by atoms with Gasteiger partial charge in [-0.05, 0) is 45.2 Å². The second-order valence-corrected chi connectivity index (χ2v) is 7.55. The molecule has 3 heterocycles. The van der Waals surface area contributed by atoms with E-state index in [1.54, 1.807) is 4.57 Å². The first-order chi connectivity index (χ1) is 12.9. The number of fused-ring (bicyclic) bond motifs is 1. The summed E-state index contributed by atoms with van der Waals surface area (Å²) in [6.45, 7) is 3.50. The molecule has 1 saturated heterocycles. The lowest BCUT2D eigenvalue weighted by Gasteiger charge is -2.22. The molecule has 0 radical (unpaired) electrons. The van der Waals surface area contributed by atoms with Gasteiger partial charge >= 0.3 is 5.97 Å². The van der Waals surface area contributed by atoms with Gasteiger partial charge in [0, 0.05) is 31.4 Å². The second-order valence-electron chi connectivity index (χ2n) is 7.55. The van der Waals surface area contributed by atoms with E-state index >= 15 is 0 Å². The summed E-state index contributed by atoms with van der Waals surface area (Å²) in [7, 11) is 1.91. The molecule has 2 fully saturated rings. The SMILES string of the molecule is CN[C@H](C)[C@H]1CCN(c2nc3c(cc2F)c(=O)c(C(=O)O)cn3C2CC2)C1. The highest BCUT2D eigenvalue weighted by Crippen LogP contribution is 2.37. The van der Waals surface area contributed by atoms with Crippen molar-refractivity contribution in [3.05, 3.63) is 33.9 Å². The first-order valence-corrected chi connectivity index (χ1v) is 9.31. The number of carboxylic acid groups (broad SMARTS) is 1. The van der Waals surface area contributed by atoms with E-state index in [-0.39, 0.29) is 22.8 Å². The molecule has 2 aromatic heterocycles. The molecule has 7 nitrogen and oxygen atoms in total. The van der Waals surface area contributed by atoms with Crippen LogP contribution in [0.15, 0.2) is 17.1 Å². The third-order valence-corrected chi connectivity index (χ3v) is 5.80. The smallest absolute Gasteiger partial charge is 0.341 e. The molecule has 0 spiro atoms. The Labute approximate surface area is 155 Å². The van der Waals surface area contributed by atoms with Crippen molar-refractivity contribution in [1.29, 1.82) is 0 Å². The maximum atomic E-state index is 14.8. The zero-order valence-electron chi connectivity index (χ0n) is 15.4. The Morgan fingerprint density at radius 1 is 1.41 bits per heavy atom. The van der Waals surface area contributed by atoms with E-state index in [1.807, 2.05) is 11.9 Å². The molecule has 0 amide bonds. The lowest BCUT2D eigenvalue weighted by Crippen LogP contribution is -2.33. The van der Waals surface area contributed by atoms with E-state index < -0.39 is 17.2 Å². The van der Waals surface area contributed by atoms with Gasteiger partial charge in [-0.25, -0.2) is 14.2 Å². The van der Waals surface area contributed by atoms with Crippen LogP contribution in [0, 0.1) is 11.7 Å². The largest absolute Gasteiger partial charge is 0.477 e. The summed E-state index contributed by atoms with van der Waals surface area (Å²) in [5.41, 5.74) is -0.656. The number of carboxylic acids is 1. The van der Waals surface area contributed by atoms with Crippen LogP contribution in [0.2, 0.25) is 0 Å². The molecule has 2 aromatic rings. The number of hydrogen-bond acceptors (Lipinski definition) is 5. The third-order valence-electron chi connectivity index (χ3n) is 5.80. The Bertz CT molecular complexity index is 970. The van der Waals surface area contributed by atoms with E-state index in [0.29, 0.717) is 30.7 Å². The molecule has 8 heteroatoms. The Balaban J connectivity index is 1.82. The molecule has 2 atom stereocenters. The molecule has 1 saturated carbocycles. The Hall–Kier alpha value is -2.48. The topological polar surface area (TPSA) is 87.5 Å². The molecule has 1 aliphatic carbocycles. The van der Waals surface area contributed by atoms with Crippen LogP contribution >= 0.6 is 0 Å². The quantitative estimate of drug-likeness (QED) is 0.832. The molecule has 1 aliphatic heterocycles. The van der Waals surface area contributed by atoms with Gasteiger partial charge in [0.1, 0.15) is 11.2 Å². The van der Waals surface area contributed by atoms with E-state index in [0.717, 1.165) is 25.3 Å². The van der Waals surface area contributed by atoms with Crippen molar-refractivity contribution in [3.63, 3.8) is 0 Å². The summed E-state index contributed by atoms with van der Waals surface area (Å²) in [4.78, 5) is 30.3. The van der Waals surface area contributed by atoms with Crippen LogP contribution in [0.5, 0.6) is 0 Å². The number of aromatic carboxylic acids is 1. The van der Waals surface area contributed by atoms with Crippen LogP contribution in [0.1, 0.15) is 42.6 Å². The third kappa shape index (κ3) is 3.07. The van der Waals surface area contributed by atoms with Gasteiger partial charge in [0.2, 0.25) is 5.43 Å². The summed E-state index contributed by atoms with van der Waals surface area (Å²) in [5.74, 6) is -1.25. The molecule has 27 heavy (non-hydrogen) atoms. The van der Waals surface area contributed by atoms with E-state index in [1.165, 1.54) is 6.20 Å². The number of rotatable bonds is 5. The average molecular weight is 374 g/mol. The minimum Gasteiger partial charge on any atom is -0.477 e. The number of nitrogens with zero attached hydrogens (tertiary/aromatic N) is 3. The van der Waals surface area contributed by atoms with Crippen molar-refractivity contribution in [3.8, 4) is 0 Å². The number of pyridine rings is 2. The fraction of sp³-hybridized carbons (Fsp3) is 0.526. The lowest BCUT2D eigenvalue weighted by atomic mass is 10.0. The van der Waals surface area contributed by atoms with Crippen molar-refractivity contribution in [1.82, 2.24) is 14.9 Å². The molecule has 2 aliphatic rings. The van der Waals surface area contributed by atoms with Gasteiger partial charge in [0.25, 0.3) is 0 Å². The van der Waals surface area contributed by atoms with Gasteiger partial charge in [0.05, 0.1) is 5.39 Å². The van der Waals surface area contributed by atoms with Crippen LogP contribution in [0.3, 0.4) is 0 Å². The summed E-state index contributed by atoms with van der Waals surface area (Å²) >= 11 is 0. The summed E-state index contributed by atoms with van der Waals surface area (Å²) < 4.78 is 16.6.